The van der Waals surface area contributed by atoms with Gasteiger partial charge in [-0.25, -0.2) is 0 Å². The van der Waals surface area contributed by atoms with Crippen molar-refractivity contribution >= 4 is 0 Å². The fourth-order valence-corrected chi connectivity index (χ4v) is 1.79. The van der Waals surface area contributed by atoms with E-state index in [0.717, 1.165) is 11.1 Å². The summed E-state index contributed by atoms with van der Waals surface area (Å²) in [7, 11) is 0. The zero-order chi connectivity index (χ0) is 9.97. The molecule has 1 aromatic rings. The van der Waals surface area contributed by atoms with Crippen molar-refractivity contribution in [3.05, 3.63) is 59.2 Å². The number of hydrogen-bond donors (Lipinski definition) is 0. The number of benzene rings is 1. The van der Waals surface area contributed by atoms with E-state index in [2.05, 4.69) is 25.1 Å². The van der Waals surface area contributed by atoms with E-state index in [9.17, 15) is 0 Å². The highest BCUT2D eigenvalue weighted by atomic mass is 14.3. The highest BCUT2D eigenvalue weighted by Gasteiger charge is 2.15. The summed E-state index contributed by atoms with van der Waals surface area (Å²) < 4.78 is 0. The standard InChI is InChI=1S/C13H11N/c1-10-5-4-8-12(10)13-7-3-2-6-11(13)9-14/h2-8,12H,1H3. The zero-order valence-electron chi connectivity index (χ0n) is 8.07. The van der Waals surface area contributed by atoms with Gasteiger partial charge in [0.2, 0.25) is 0 Å². The maximum Gasteiger partial charge on any atom is 0.0994 e. The first-order valence-corrected chi connectivity index (χ1v) is 4.67. The molecular weight excluding hydrogens is 170 g/mol. The fourth-order valence-electron chi connectivity index (χ4n) is 1.79. The molecular formula is C13H11N. The molecule has 0 radical (unpaired) electrons. The average Bonchev–Trinajstić information content (AvgIpc) is 2.64. The van der Waals surface area contributed by atoms with Gasteiger partial charge in [-0.2, -0.15) is 5.26 Å². The van der Waals surface area contributed by atoms with Crippen LogP contribution >= 0.6 is 0 Å². The predicted octanol–water partition coefficient (Wildman–Crippen LogP) is 3.16. The van der Waals surface area contributed by atoms with Gasteiger partial charge < -0.3 is 0 Å². The lowest BCUT2D eigenvalue weighted by molar-refractivity contribution is 1.01. The normalized spacial score (nSPS) is 19.1. The second kappa shape index (κ2) is 3.51. The Bertz CT molecular complexity index is 447. The molecule has 0 spiro atoms. The van der Waals surface area contributed by atoms with Gasteiger partial charge in [-0.05, 0) is 18.6 Å². The monoisotopic (exact) mass is 181 g/mol. The summed E-state index contributed by atoms with van der Waals surface area (Å²) in [5.41, 5.74) is 3.18. The third kappa shape index (κ3) is 1.36. The Hall–Kier alpha value is -1.81. The van der Waals surface area contributed by atoms with Crippen LogP contribution in [0.5, 0.6) is 0 Å². The Morgan fingerprint density at radius 2 is 2.07 bits per heavy atom. The highest BCUT2D eigenvalue weighted by molar-refractivity contribution is 5.48. The molecule has 1 aromatic carbocycles. The third-order valence-electron chi connectivity index (χ3n) is 2.57. The van der Waals surface area contributed by atoms with Crippen LogP contribution in [0.15, 0.2) is 48.1 Å². The average molecular weight is 181 g/mol. The van der Waals surface area contributed by atoms with Crippen molar-refractivity contribution in [1.82, 2.24) is 0 Å². The second-order valence-electron chi connectivity index (χ2n) is 3.47. The molecule has 0 saturated carbocycles. The Balaban J connectivity index is 2.47. The maximum atomic E-state index is 8.97. The number of nitrogens with zero attached hydrogens (tertiary/aromatic N) is 1. The minimum absolute atomic E-state index is 0.297. The van der Waals surface area contributed by atoms with Crippen LogP contribution in [0.4, 0.5) is 0 Å². The van der Waals surface area contributed by atoms with Crippen LogP contribution in [0.2, 0.25) is 0 Å². The van der Waals surface area contributed by atoms with Crippen molar-refractivity contribution in [2.45, 2.75) is 12.8 Å². The Morgan fingerprint density at radius 1 is 1.29 bits per heavy atom. The first kappa shape index (κ1) is 8.77. The molecule has 1 aliphatic rings. The third-order valence-corrected chi connectivity index (χ3v) is 2.57. The van der Waals surface area contributed by atoms with Gasteiger partial charge in [0, 0.05) is 5.92 Å². The molecule has 0 aliphatic heterocycles. The molecule has 0 saturated heterocycles. The van der Waals surface area contributed by atoms with Crippen molar-refractivity contribution < 1.29 is 0 Å². The molecule has 0 fully saturated rings. The van der Waals surface area contributed by atoms with E-state index in [4.69, 9.17) is 5.26 Å². The molecule has 1 unspecified atom stereocenters. The number of hydrogen-bond acceptors (Lipinski definition) is 1. The van der Waals surface area contributed by atoms with E-state index in [1.165, 1.54) is 5.57 Å². The minimum Gasteiger partial charge on any atom is -0.192 e. The van der Waals surface area contributed by atoms with Crippen molar-refractivity contribution in [3.63, 3.8) is 0 Å². The van der Waals surface area contributed by atoms with E-state index in [1.807, 2.05) is 30.3 Å². The quantitative estimate of drug-likeness (QED) is 0.652. The van der Waals surface area contributed by atoms with E-state index in [-0.39, 0.29) is 0 Å². The lowest BCUT2D eigenvalue weighted by atomic mass is 9.91. The van der Waals surface area contributed by atoms with E-state index in [1.54, 1.807) is 0 Å². The van der Waals surface area contributed by atoms with Crippen LogP contribution in [-0.2, 0) is 0 Å². The number of rotatable bonds is 1. The van der Waals surface area contributed by atoms with Crippen LogP contribution < -0.4 is 0 Å². The van der Waals surface area contributed by atoms with Gasteiger partial charge >= 0.3 is 0 Å². The summed E-state index contributed by atoms with van der Waals surface area (Å²) in [5, 5.41) is 8.97. The Labute approximate surface area is 84.0 Å². The molecule has 1 aliphatic carbocycles. The van der Waals surface area contributed by atoms with Gasteiger partial charge in [0.1, 0.15) is 0 Å². The predicted molar refractivity (Wildman–Crippen MR) is 56.8 cm³/mol. The summed E-state index contributed by atoms with van der Waals surface area (Å²) in [6.07, 6.45) is 6.28. The van der Waals surface area contributed by atoms with Gasteiger partial charge in [-0.15, -0.1) is 0 Å². The summed E-state index contributed by atoms with van der Waals surface area (Å²) in [6, 6.07) is 10.0. The molecule has 14 heavy (non-hydrogen) atoms. The maximum absolute atomic E-state index is 8.97. The largest absolute Gasteiger partial charge is 0.192 e. The van der Waals surface area contributed by atoms with Gasteiger partial charge in [-0.1, -0.05) is 42.0 Å². The highest BCUT2D eigenvalue weighted by Crippen LogP contribution is 2.31. The van der Waals surface area contributed by atoms with Crippen molar-refractivity contribution in [2.75, 3.05) is 0 Å². The Kier molecular flexibility index (Phi) is 2.20. The summed E-state index contributed by atoms with van der Waals surface area (Å²) >= 11 is 0. The van der Waals surface area contributed by atoms with Crippen LogP contribution in [0.3, 0.4) is 0 Å². The molecule has 0 heterocycles. The van der Waals surface area contributed by atoms with Crippen LogP contribution in [-0.4, -0.2) is 0 Å². The lowest BCUT2D eigenvalue weighted by Gasteiger charge is -2.11. The van der Waals surface area contributed by atoms with Gasteiger partial charge in [-0.3, -0.25) is 0 Å². The van der Waals surface area contributed by atoms with E-state index in [0.29, 0.717) is 5.92 Å². The first-order chi connectivity index (χ1) is 6.83. The number of allylic oxidation sites excluding steroid dienone is 4. The first-order valence-electron chi connectivity index (χ1n) is 4.67. The molecule has 0 aromatic heterocycles. The summed E-state index contributed by atoms with van der Waals surface area (Å²) in [6.45, 7) is 2.10. The van der Waals surface area contributed by atoms with Gasteiger partial charge in [0.05, 0.1) is 11.6 Å². The molecule has 2 rings (SSSR count). The minimum atomic E-state index is 0.297. The number of nitriles is 1. The van der Waals surface area contributed by atoms with Crippen molar-refractivity contribution in [1.29, 1.82) is 5.26 Å². The van der Waals surface area contributed by atoms with E-state index < -0.39 is 0 Å². The molecule has 0 bridgehead atoms. The molecule has 68 valence electrons. The smallest absolute Gasteiger partial charge is 0.0994 e. The SMILES string of the molecule is CC1=CC=CC1c1ccccc1C#N. The summed E-state index contributed by atoms with van der Waals surface area (Å²) in [5.74, 6) is 0.297. The van der Waals surface area contributed by atoms with Crippen LogP contribution in [0, 0.1) is 11.3 Å². The van der Waals surface area contributed by atoms with E-state index >= 15 is 0 Å². The fraction of sp³-hybridized carbons (Fsp3) is 0.154. The zero-order valence-corrected chi connectivity index (χ0v) is 8.07. The van der Waals surface area contributed by atoms with Gasteiger partial charge in [0.25, 0.3) is 0 Å². The molecule has 1 heteroatoms. The molecule has 0 amide bonds. The van der Waals surface area contributed by atoms with Crippen molar-refractivity contribution in [2.24, 2.45) is 0 Å². The van der Waals surface area contributed by atoms with Crippen LogP contribution in [0.1, 0.15) is 24.0 Å². The molecule has 1 nitrogen and oxygen atoms in total. The van der Waals surface area contributed by atoms with Gasteiger partial charge in [0.15, 0.2) is 0 Å². The summed E-state index contributed by atoms with van der Waals surface area (Å²) in [4.78, 5) is 0. The second-order valence-corrected chi connectivity index (χ2v) is 3.47. The molecule has 0 N–H and O–H groups in total. The lowest BCUT2D eigenvalue weighted by Crippen LogP contribution is -1.97. The molecule has 1 atom stereocenters. The van der Waals surface area contributed by atoms with Crippen LogP contribution in [0.25, 0.3) is 0 Å². The topological polar surface area (TPSA) is 23.8 Å². The Morgan fingerprint density at radius 3 is 2.71 bits per heavy atom. The van der Waals surface area contributed by atoms with Crippen molar-refractivity contribution in [3.8, 4) is 6.07 Å².